The van der Waals surface area contributed by atoms with Crippen LogP contribution in [0.1, 0.15) is 0 Å². The van der Waals surface area contributed by atoms with Crippen LogP contribution in [0.25, 0.3) is 0 Å². The van der Waals surface area contributed by atoms with E-state index in [1.807, 2.05) is 0 Å². The van der Waals surface area contributed by atoms with Crippen molar-refractivity contribution in [3.63, 3.8) is 0 Å². The number of hydrogen-bond donors (Lipinski definition) is 3. The zero-order valence-electron chi connectivity index (χ0n) is 3.53. The van der Waals surface area contributed by atoms with Crippen LogP contribution in [0.15, 0.2) is 0 Å². The molecular formula is H6AlN3O3. The molecule has 0 aliphatic rings. The van der Waals surface area contributed by atoms with Crippen molar-refractivity contribution in [2.75, 3.05) is 0 Å². The van der Waals surface area contributed by atoms with Crippen LogP contribution in [0.5, 0.6) is 0 Å². The summed E-state index contributed by atoms with van der Waals surface area (Å²) in [6.45, 7) is 0. The number of nitrogens with two attached hydrogens (primary N) is 3. The molecule has 0 rings (SSSR count). The fourth-order valence-electron chi connectivity index (χ4n) is 0. The van der Waals surface area contributed by atoms with Crippen LogP contribution in [0, 0.1) is 15.6 Å². The Bertz CT molecular complexity index is 10.1. The standard InChI is InChI=1S/Al.3H2NO/c;3*1-2/h;3*1H2/q+3;3*-1. The molecule has 0 atom stereocenters. The average molecular weight is 123 g/mol. The molecule has 7 heavy (non-hydrogen) atoms. The summed E-state index contributed by atoms with van der Waals surface area (Å²) >= 11 is 0. The molecule has 0 heterocycles. The van der Waals surface area contributed by atoms with E-state index in [2.05, 4.69) is 17.7 Å². The second kappa shape index (κ2) is 2060. The zero-order valence-corrected chi connectivity index (χ0v) is 4.69. The first-order chi connectivity index (χ1) is 3.00. The van der Waals surface area contributed by atoms with Crippen LogP contribution in [0.4, 0.5) is 0 Å². The molecule has 42 valence electrons. The van der Waals surface area contributed by atoms with Gasteiger partial charge in [-0.1, -0.05) is 0 Å². The van der Waals surface area contributed by atoms with Crippen molar-refractivity contribution in [2.24, 2.45) is 17.7 Å². The maximum atomic E-state index is 7.75. The molecule has 0 aliphatic carbocycles. The molecule has 6 nitrogen and oxygen atoms in total. The van der Waals surface area contributed by atoms with Gasteiger partial charge in [0.2, 0.25) is 0 Å². The Labute approximate surface area is 51.5 Å². The second-order valence-electron chi connectivity index (χ2n) is 0. The van der Waals surface area contributed by atoms with Crippen LogP contribution in [-0.2, 0) is 0 Å². The monoisotopic (exact) mass is 123 g/mol. The Hall–Kier alpha value is 0.292. The molecule has 0 aromatic heterocycles. The van der Waals surface area contributed by atoms with Gasteiger partial charge in [0.05, 0.1) is 0 Å². The van der Waals surface area contributed by atoms with E-state index in [1.165, 1.54) is 0 Å². The maximum absolute atomic E-state index is 7.75. The Morgan fingerprint density at radius 2 is 0.571 bits per heavy atom. The first-order valence-electron chi connectivity index (χ1n) is 0.707. The first kappa shape index (κ1) is 26.6. The fraction of sp³-hybridized carbons (Fsp3) is 0. The van der Waals surface area contributed by atoms with Crippen molar-refractivity contribution in [2.45, 2.75) is 0 Å². The minimum absolute atomic E-state index is 0. The Morgan fingerprint density at radius 1 is 0.571 bits per heavy atom. The Balaban J connectivity index is -0.00000000900. The zero-order chi connectivity index (χ0) is 6.00. The van der Waals surface area contributed by atoms with E-state index in [0.29, 0.717) is 0 Å². The van der Waals surface area contributed by atoms with Crippen molar-refractivity contribution in [1.29, 1.82) is 0 Å². The van der Waals surface area contributed by atoms with Crippen molar-refractivity contribution < 1.29 is 0 Å². The molecule has 0 fully saturated rings. The SMILES string of the molecule is N[O-].N[O-].N[O-].[Al+3]. The minimum Gasteiger partial charge on any atom is -0.790 e. The Kier molecular flexibility index (Phi) is 7840. The minimum atomic E-state index is 0. The molecule has 0 aromatic rings. The quantitative estimate of drug-likeness (QED) is 0.249. The van der Waals surface area contributed by atoms with Crippen LogP contribution in [0.2, 0.25) is 0 Å². The summed E-state index contributed by atoms with van der Waals surface area (Å²) in [6.07, 6.45) is 0. The van der Waals surface area contributed by atoms with Crippen LogP contribution in [-0.4, -0.2) is 17.4 Å². The van der Waals surface area contributed by atoms with Gasteiger partial charge in [0, 0.05) is 0 Å². The summed E-state index contributed by atoms with van der Waals surface area (Å²) in [5.41, 5.74) is 0. The number of hydrogen-bond acceptors (Lipinski definition) is 6. The molecule has 0 bridgehead atoms. The average Bonchev–Trinajstić information content (AvgIpc) is 1.81. The summed E-state index contributed by atoms with van der Waals surface area (Å²) in [5.74, 6) is 9.75. The van der Waals surface area contributed by atoms with Crippen LogP contribution in [0.3, 0.4) is 0 Å². The van der Waals surface area contributed by atoms with Gasteiger partial charge in [-0.05, 0) is 0 Å². The Morgan fingerprint density at radius 3 is 0.571 bits per heavy atom. The smallest absolute Gasteiger partial charge is 0.790 e. The molecule has 6 N–H and O–H groups in total. The predicted octanol–water partition coefficient (Wildman–Crippen LogP) is -2.05. The van der Waals surface area contributed by atoms with E-state index in [1.54, 1.807) is 0 Å². The normalized spacial score (nSPS) is 2.57. The summed E-state index contributed by atoms with van der Waals surface area (Å²) in [6, 6.07) is 0. The third-order valence-electron chi connectivity index (χ3n) is 0. The van der Waals surface area contributed by atoms with E-state index in [4.69, 9.17) is 15.6 Å². The molecule has 7 heteroatoms. The van der Waals surface area contributed by atoms with Crippen LogP contribution < -0.4 is 17.7 Å². The molecular weight excluding hydrogens is 117 g/mol. The third-order valence-corrected chi connectivity index (χ3v) is 0. The van der Waals surface area contributed by atoms with E-state index < -0.39 is 0 Å². The summed E-state index contributed by atoms with van der Waals surface area (Å²) in [7, 11) is 0. The maximum Gasteiger partial charge on any atom is 3.00 e. The van der Waals surface area contributed by atoms with E-state index in [-0.39, 0.29) is 17.4 Å². The molecule has 0 saturated carbocycles. The molecule has 0 spiro atoms. The van der Waals surface area contributed by atoms with E-state index in [0.717, 1.165) is 0 Å². The molecule has 0 aromatic carbocycles. The van der Waals surface area contributed by atoms with Gasteiger partial charge in [0.15, 0.2) is 0 Å². The van der Waals surface area contributed by atoms with Gasteiger partial charge in [-0.3, -0.25) is 0 Å². The van der Waals surface area contributed by atoms with Gasteiger partial charge in [0.1, 0.15) is 0 Å². The predicted molar refractivity (Wildman–Crippen MR) is 28.4 cm³/mol. The molecule has 0 saturated heterocycles. The van der Waals surface area contributed by atoms with Gasteiger partial charge in [-0.15, -0.1) is 0 Å². The summed E-state index contributed by atoms with van der Waals surface area (Å²) in [5, 5.41) is 23.2. The molecule has 0 amide bonds. The fourth-order valence-corrected chi connectivity index (χ4v) is 0. The van der Waals surface area contributed by atoms with Crippen molar-refractivity contribution in [1.82, 2.24) is 0 Å². The molecule has 0 unspecified atom stereocenters. The molecule has 0 radical (unpaired) electrons. The second-order valence-corrected chi connectivity index (χ2v) is 0. The first-order valence-corrected chi connectivity index (χ1v) is 0.707. The summed E-state index contributed by atoms with van der Waals surface area (Å²) in [4.78, 5) is 0. The van der Waals surface area contributed by atoms with Gasteiger partial charge >= 0.3 is 17.4 Å². The summed E-state index contributed by atoms with van der Waals surface area (Å²) < 4.78 is 0. The largest absolute Gasteiger partial charge is 3.00 e. The van der Waals surface area contributed by atoms with E-state index in [9.17, 15) is 0 Å². The molecule has 0 aliphatic heterocycles. The van der Waals surface area contributed by atoms with Gasteiger partial charge < -0.3 is 33.3 Å². The van der Waals surface area contributed by atoms with E-state index >= 15 is 0 Å². The van der Waals surface area contributed by atoms with Gasteiger partial charge in [-0.2, -0.15) is 0 Å². The van der Waals surface area contributed by atoms with Crippen LogP contribution >= 0.6 is 0 Å². The van der Waals surface area contributed by atoms with Crippen molar-refractivity contribution in [3.05, 3.63) is 15.6 Å². The number of rotatable bonds is 0. The van der Waals surface area contributed by atoms with Gasteiger partial charge in [0.25, 0.3) is 0 Å². The van der Waals surface area contributed by atoms with Crippen molar-refractivity contribution in [3.8, 4) is 0 Å². The third kappa shape index (κ3) is 1360. The topological polar surface area (TPSA) is 147 Å². The van der Waals surface area contributed by atoms with Gasteiger partial charge in [-0.25, -0.2) is 0 Å². The van der Waals surface area contributed by atoms with Crippen molar-refractivity contribution >= 4 is 17.4 Å².